The van der Waals surface area contributed by atoms with E-state index in [0.717, 1.165) is 35.9 Å². The van der Waals surface area contributed by atoms with Crippen molar-refractivity contribution in [2.45, 2.75) is 24.6 Å². The molecule has 3 N–H and O–H groups in total. The predicted molar refractivity (Wildman–Crippen MR) is 97.4 cm³/mol. The van der Waals surface area contributed by atoms with E-state index in [2.05, 4.69) is 29.6 Å². The first-order valence-electron chi connectivity index (χ1n) is 8.19. The van der Waals surface area contributed by atoms with E-state index in [4.69, 9.17) is 17.3 Å². The van der Waals surface area contributed by atoms with Crippen molar-refractivity contribution in [2.75, 3.05) is 12.3 Å². The molecule has 2 aliphatic carbocycles. The van der Waals surface area contributed by atoms with Crippen LogP contribution in [0.25, 0.3) is 0 Å². The molecule has 0 heterocycles. The van der Waals surface area contributed by atoms with Crippen LogP contribution in [-0.4, -0.2) is 24.2 Å². The molecular formula is C18H23ClN2OS. The molecule has 1 aromatic carbocycles. The van der Waals surface area contributed by atoms with Crippen molar-refractivity contribution in [3.63, 3.8) is 0 Å². The molecule has 1 amide bonds. The number of fused-ring (bicyclic) bond motifs is 2. The summed E-state index contributed by atoms with van der Waals surface area (Å²) in [6, 6.07) is 7.96. The summed E-state index contributed by atoms with van der Waals surface area (Å²) in [5.74, 6) is 2.89. The van der Waals surface area contributed by atoms with E-state index in [1.54, 1.807) is 0 Å². The van der Waals surface area contributed by atoms with Crippen molar-refractivity contribution >= 4 is 29.3 Å². The number of nitrogens with two attached hydrogens (primary N) is 1. The smallest absolute Gasteiger partial charge is 0.225 e. The summed E-state index contributed by atoms with van der Waals surface area (Å²) in [6.07, 6.45) is 6.37. The van der Waals surface area contributed by atoms with E-state index in [1.807, 2.05) is 23.9 Å². The van der Waals surface area contributed by atoms with Crippen molar-refractivity contribution in [2.24, 2.45) is 23.5 Å². The van der Waals surface area contributed by atoms with Crippen LogP contribution in [0.1, 0.15) is 18.4 Å². The van der Waals surface area contributed by atoms with Gasteiger partial charge in [-0.25, -0.2) is 0 Å². The number of amides is 1. The molecule has 0 unspecified atom stereocenters. The van der Waals surface area contributed by atoms with Gasteiger partial charge in [-0.3, -0.25) is 4.79 Å². The molecule has 3 rings (SSSR count). The zero-order valence-corrected chi connectivity index (χ0v) is 14.7. The Bertz CT molecular complexity index is 575. The van der Waals surface area contributed by atoms with Gasteiger partial charge in [-0.15, -0.1) is 0 Å². The van der Waals surface area contributed by atoms with Gasteiger partial charge in [0.25, 0.3) is 0 Å². The first kappa shape index (κ1) is 16.9. The number of halogens is 1. The maximum Gasteiger partial charge on any atom is 0.225 e. The van der Waals surface area contributed by atoms with Crippen LogP contribution < -0.4 is 11.1 Å². The second kappa shape index (κ2) is 7.73. The third-order valence-corrected chi connectivity index (χ3v) is 6.14. The van der Waals surface area contributed by atoms with E-state index in [-0.39, 0.29) is 17.9 Å². The van der Waals surface area contributed by atoms with E-state index in [0.29, 0.717) is 11.8 Å². The van der Waals surface area contributed by atoms with Gasteiger partial charge in [-0.1, -0.05) is 35.9 Å². The number of benzene rings is 1. The minimum absolute atomic E-state index is 0.00396. The Kier molecular flexibility index (Phi) is 5.67. The largest absolute Gasteiger partial charge is 0.356 e. The van der Waals surface area contributed by atoms with Crippen molar-refractivity contribution in [1.29, 1.82) is 0 Å². The van der Waals surface area contributed by atoms with E-state index < -0.39 is 0 Å². The average Bonchev–Trinajstić information content (AvgIpc) is 3.13. The molecule has 0 spiro atoms. The zero-order valence-electron chi connectivity index (χ0n) is 13.1. The fourth-order valence-corrected chi connectivity index (χ4v) is 4.55. The second-order valence-corrected chi connectivity index (χ2v) is 7.92. The standard InChI is InChI=1S/C18H23ClN2OS/c19-15-6-2-12(3-7-15)11-23-9-1-8-21-18(22)16-13-4-5-14(10-13)17(16)20/h2-7,13-14,16-17H,1,8-11,20H2,(H,21,22)/t13-,14+,16-,17+/m1/s1. The minimum Gasteiger partial charge on any atom is -0.356 e. The predicted octanol–water partition coefficient (Wildman–Crippen LogP) is 3.23. The SMILES string of the molecule is N[C@@H]1[C@H](C(=O)NCCCSCc2ccc(Cl)cc2)[C@@H]2C=C[C@H]1C2. The first-order valence-corrected chi connectivity index (χ1v) is 9.72. The number of carbonyl (C=O) groups excluding carboxylic acids is 1. The van der Waals surface area contributed by atoms with E-state index >= 15 is 0 Å². The average molecular weight is 351 g/mol. The molecular weight excluding hydrogens is 328 g/mol. The summed E-state index contributed by atoms with van der Waals surface area (Å²) < 4.78 is 0. The normalized spacial score (nSPS) is 28.3. The monoisotopic (exact) mass is 350 g/mol. The van der Waals surface area contributed by atoms with Crippen LogP contribution in [-0.2, 0) is 10.5 Å². The molecule has 2 bridgehead atoms. The maximum atomic E-state index is 12.3. The number of rotatable bonds is 7. The fourth-order valence-electron chi connectivity index (χ4n) is 3.50. The number of allylic oxidation sites excluding steroid dienone is 1. The van der Waals surface area contributed by atoms with Gasteiger partial charge < -0.3 is 11.1 Å². The van der Waals surface area contributed by atoms with Crippen LogP contribution in [0.3, 0.4) is 0 Å². The van der Waals surface area contributed by atoms with Crippen molar-refractivity contribution < 1.29 is 4.79 Å². The maximum absolute atomic E-state index is 12.3. The summed E-state index contributed by atoms with van der Waals surface area (Å²) in [7, 11) is 0. The summed E-state index contributed by atoms with van der Waals surface area (Å²) in [5.41, 5.74) is 7.45. The lowest BCUT2D eigenvalue weighted by Gasteiger charge is -2.23. The summed E-state index contributed by atoms with van der Waals surface area (Å²) >= 11 is 7.75. The Morgan fingerprint density at radius 1 is 1.26 bits per heavy atom. The van der Waals surface area contributed by atoms with Gasteiger partial charge in [0.2, 0.25) is 5.91 Å². The third-order valence-electron chi connectivity index (χ3n) is 4.77. The van der Waals surface area contributed by atoms with Crippen molar-refractivity contribution in [1.82, 2.24) is 5.32 Å². The fraction of sp³-hybridized carbons (Fsp3) is 0.500. The highest BCUT2D eigenvalue weighted by atomic mass is 35.5. The highest BCUT2D eigenvalue weighted by Gasteiger charge is 2.45. The third kappa shape index (κ3) is 4.11. The molecule has 124 valence electrons. The van der Waals surface area contributed by atoms with Gasteiger partial charge in [0.1, 0.15) is 0 Å². The molecule has 5 heteroatoms. The Labute approximate surface area is 147 Å². The topological polar surface area (TPSA) is 55.1 Å². The lowest BCUT2D eigenvalue weighted by Crippen LogP contribution is -2.44. The molecule has 3 nitrogen and oxygen atoms in total. The highest BCUT2D eigenvalue weighted by molar-refractivity contribution is 7.98. The van der Waals surface area contributed by atoms with Crippen LogP contribution >= 0.6 is 23.4 Å². The molecule has 1 fully saturated rings. The number of hydrogen-bond donors (Lipinski definition) is 2. The second-order valence-electron chi connectivity index (χ2n) is 6.38. The van der Waals surface area contributed by atoms with Gasteiger partial charge in [0.15, 0.2) is 0 Å². The van der Waals surface area contributed by atoms with E-state index in [1.165, 1.54) is 5.56 Å². The molecule has 0 aromatic heterocycles. The molecule has 1 saturated carbocycles. The summed E-state index contributed by atoms with van der Waals surface area (Å²) in [6.45, 7) is 0.733. The quantitative estimate of drug-likeness (QED) is 0.586. The van der Waals surface area contributed by atoms with Crippen LogP contribution in [0.5, 0.6) is 0 Å². The number of hydrogen-bond acceptors (Lipinski definition) is 3. The summed E-state index contributed by atoms with van der Waals surface area (Å²) in [5, 5.41) is 3.84. The van der Waals surface area contributed by atoms with Crippen LogP contribution in [0, 0.1) is 17.8 Å². The number of thioether (sulfide) groups is 1. The summed E-state index contributed by atoms with van der Waals surface area (Å²) in [4.78, 5) is 12.3. The zero-order chi connectivity index (χ0) is 16.2. The Morgan fingerprint density at radius 2 is 2.00 bits per heavy atom. The van der Waals surface area contributed by atoms with Gasteiger partial charge in [-0.05, 0) is 48.1 Å². The van der Waals surface area contributed by atoms with Gasteiger partial charge >= 0.3 is 0 Å². The minimum atomic E-state index is -0.0216. The highest BCUT2D eigenvalue weighted by Crippen LogP contribution is 2.42. The molecule has 0 saturated heterocycles. The van der Waals surface area contributed by atoms with Crippen molar-refractivity contribution in [3.05, 3.63) is 47.0 Å². The van der Waals surface area contributed by atoms with Crippen LogP contribution in [0.2, 0.25) is 5.02 Å². The lowest BCUT2D eigenvalue weighted by molar-refractivity contribution is -0.126. The molecule has 0 radical (unpaired) electrons. The Balaban J connectivity index is 1.30. The molecule has 0 aliphatic heterocycles. The molecule has 4 atom stereocenters. The van der Waals surface area contributed by atoms with Gasteiger partial charge in [0.05, 0.1) is 5.92 Å². The molecule has 23 heavy (non-hydrogen) atoms. The van der Waals surface area contributed by atoms with E-state index in [9.17, 15) is 4.79 Å². The van der Waals surface area contributed by atoms with Crippen LogP contribution in [0.4, 0.5) is 0 Å². The number of nitrogens with one attached hydrogen (secondary N) is 1. The molecule has 2 aliphatic rings. The molecule has 1 aromatic rings. The van der Waals surface area contributed by atoms with Crippen LogP contribution in [0.15, 0.2) is 36.4 Å². The lowest BCUT2D eigenvalue weighted by atomic mass is 9.89. The Hall–Kier alpha value is -0.970. The van der Waals surface area contributed by atoms with Gasteiger partial charge in [-0.2, -0.15) is 11.8 Å². The van der Waals surface area contributed by atoms with Crippen molar-refractivity contribution in [3.8, 4) is 0 Å². The number of carbonyl (C=O) groups is 1. The Morgan fingerprint density at radius 3 is 2.70 bits per heavy atom. The van der Waals surface area contributed by atoms with Gasteiger partial charge in [0, 0.05) is 23.4 Å². The first-order chi connectivity index (χ1) is 11.1.